The van der Waals surface area contributed by atoms with E-state index in [0.717, 1.165) is 28.8 Å². The molecule has 0 amide bonds. The highest BCUT2D eigenvalue weighted by molar-refractivity contribution is 5.70. The first-order valence-corrected chi connectivity index (χ1v) is 7.00. The van der Waals surface area contributed by atoms with Crippen LogP contribution in [0, 0.1) is 6.92 Å². The van der Waals surface area contributed by atoms with Crippen molar-refractivity contribution in [2.24, 2.45) is 0 Å². The summed E-state index contributed by atoms with van der Waals surface area (Å²) < 4.78 is 38.5. The van der Waals surface area contributed by atoms with E-state index in [1.165, 1.54) is 6.07 Å². The third-order valence-electron chi connectivity index (χ3n) is 3.57. The van der Waals surface area contributed by atoms with Gasteiger partial charge in [-0.05, 0) is 36.8 Å². The van der Waals surface area contributed by atoms with Gasteiger partial charge < -0.3 is 0 Å². The zero-order valence-corrected chi connectivity index (χ0v) is 12.3. The summed E-state index contributed by atoms with van der Waals surface area (Å²) in [5.74, 6) is 0. The molecule has 0 aliphatic heterocycles. The lowest BCUT2D eigenvalue weighted by Crippen LogP contribution is -2.04. The van der Waals surface area contributed by atoms with Crippen molar-refractivity contribution in [3.05, 3.63) is 72.2 Å². The zero-order valence-electron chi connectivity index (χ0n) is 12.3. The Kier molecular flexibility index (Phi) is 3.86. The second kappa shape index (κ2) is 5.83. The lowest BCUT2D eigenvalue weighted by Gasteiger charge is -2.10. The van der Waals surface area contributed by atoms with Gasteiger partial charge in [-0.25, -0.2) is 0 Å². The molecule has 0 N–H and O–H groups in total. The summed E-state index contributed by atoms with van der Waals surface area (Å²) in [7, 11) is 0. The van der Waals surface area contributed by atoms with Gasteiger partial charge in [-0.15, -0.1) is 0 Å². The van der Waals surface area contributed by atoms with Crippen LogP contribution in [-0.2, 0) is 6.18 Å². The highest BCUT2D eigenvalue weighted by atomic mass is 19.4. The molecule has 2 aromatic heterocycles. The molecule has 116 valence electrons. The molecule has 5 heteroatoms. The lowest BCUT2D eigenvalue weighted by atomic mass is 10.0. The molecular weight excluding hydrogens is 301 g/mol. The second-order valence-corrected chi connectivity index (χ2v) is 5.20. The van der Waals surface area contributed by atoms with Gasteiger partial charge in [0.1, 0.15) is 0 Å². The Labute approximate surface area is 131 Å². The van der Waals surface area contributed by atoms with Crippen molar-refractivity contribution >= 4 is 0 Å². The summed E-state index contributed by atoms with van der Waals surface area (Å²) in [6.45, 7) is 1.90. The Bertz CT molecular complexity index is 827. The predicted octanol–water partition coefficient (Wildman–Crippen LogP) is 5.14. The van der Waals surface area contributed by atoms with Gasteiger partial charge in [0, 0.05) is 35.3 Å². The Hall–Kier alpha value is -2.69. The molecule has 1 aromatic carbocycles. The molecule has 3 rings (SSSR count). The maximum atomic E-state index is 12.8. The summed E-state index contributed by atoms with van der Waals surface area (Å²) in [6, 6.07) is 10.7. The van der Waals surface area contributed by atoms with Gasteiger partial charge in [-0.3, -0.25) is 9.97 Å². The minimum absolute atomic E-state index is 0.445. The third kappa shape index (κ3) is 3.23. The van der Waals surface area contributed by atoms with Crippen molar-refractivity contribution in [3.63, 3.8) is 0 Å². The van der Waals surface area contributed by atoms with Crippen molar-refractivity contribution in [1.29, 1.82) is 0 Å². The van der Waals surface area contributed by atoms with Gasteiger partial charge in [-0.1, -0.05) is 18.2 Å². The van der Waals surface area contributed by atoms with E-state index in [9.17, 15) is 13.2 Å². The van der Waals surface area contributed by atoms with Crippen molar-refractivity contribution in [3.8, 4) is 22.4 Å². The molecular formula is C18H13F3N2. The van der Waals surface area contributed by atoms with E-state index in [1.807, 2.05) is 19.1 Å². The van der Waals surface area contributed by atoms with Gasteiger partial charge in [-0.2, -0.15) is 13.2 Å². The summed E-state index contributed by atoms with van der Waals surface area (Å²) in [5.41, 5.74) is 3.05. The van der Waals surface area contributed by atoms with E-state index in [4.69, 9.17) is 0 Å². The van der Waals surface area contributed by atoms with Crippen LogP contribution in [0.15, 0.2) is 61.1 Å². The number of alkyl halides is 3. The molecule has 0 spiro atoms. The number of nitrogens with zero attached hydrogens (tertiary/aromatic N) is 2. The fourth-order valence-corrected chi connectivity index (χ4v) is 2.39. The summed E-state index contributed by atoms with van der Waals surface area (Å²) in [6.07, 6.45) is 0.722. The number of pyridine rings is 2. The fraction of sp³-hybridized carbons (Fsp3) is 0.111. The van der Waals surface area contributed by atoms with Crippen LogP contribution >= 0.6 is 0 Å². The highest BCUT2D eigenvalue weighted by Crippen LogP contribution is 2.32. The Morgan fingerprint density at radius 1 is 0.913 bits per heavy atom. The van der Waals surface area contributed by atoms with Crippen LogP contribution in [0.2, 0.25) is 0 Å². The number of rotatable bonds is 2. The van der Waals surface area contributed by atoms with Crippen LogP contribution in [-0.4, -0.2) is 9.97 Å². The maximum absolute atomic E-state index is 12.8. The van der Waals surface area contributed by atoms with Gasteiger partial charge >= 0.3 is 6.18 Å². The van der Waals surface area contributed by atoms with Gasteiger partial charge in [0.2, 0.25) is 0 Å². The normalized spacial score (nSPS) is 11.5. The largest absolute Gasteiger partial charge is 0.416 e. The molecule has 2 nitrogen and oxygen atoms in total. The van der Waals surface area contributed by atoms with Crippen molar-refractivity contribution in [2.45, 2.75) is 13.1 Å². The van der Waals surface area contributed by atoms with Crippen LogP contribution in [0.5, 0.6) is 0 Å². The van der Waals surface area contributed by atoms with Crippen LogP contribution in [0.25, 0.3) is 22.4 Å². The molecule has 0 aliphatic rings. The summed E-state index contributed by atoms with van der Waals surface area (Å²) >= 11 is 0. The lowest BCUT2D eigenvalue weighted by molar-refractivity contribution is -0.137. The maximum Gasteiger partial charge on any atom is 0.416 e. The molecule has 0 unspecified atom stereocenters. The number of benzene rings is 1. The molecule has 0 aliphatic carbocycles. The summed E-state index contributed by atoms with van der Waals surface area (Å²) in [5, 5.41) is 0. The smallest absolute Gasteiger partial charge is 0.264 e. The number of hydrogen-bond acceptors (Lipinski definition) is 2. The zero-order chi connectivity index (χ0) is 16.4. The minimum atomic E-state index is -4.36. The van der Waals surface area contributed by atoms with E-state index in [2.05, 4.69) is 9.97 Å². The van der Waals surface area contributed by atoms with Crippen LogP contribution < -0.4 is 0 Å². The van der Waals surface area contributed by atoms with E-state index in [0.29, 0.717) is 11.3 Å². The molecule has 3 aromatic rings. The van der Waals surface area contributed by atoms with Gasteiger partial charge in [0.15, 0.2) is 0 Å². The molecule has 0 saturated carbocycles. The van der Waals surface area contributed by atoms with Crippen LogP contribution in [0.4, 0.5) is 13.2 Å². The van der Waals surface area contributed by atoms with E-state index in [-0.39, 0.29) is 0 Å². The first-order chi connectivity index (χ1) is 10.9. The molecule has 0 atom stereocenters. The molecule has 23 heavy (non-hydrogen) atoms. The second-order valence-electron chi connectivity index (χ2n) is 5.20. The van der Waals surface area contributed by atoms with Crippen LogP contribution in [0.1, 0.15) is 11.1 Å². The monoisotopic (exact) mass is 314 g/mol. The standard InChI is InChI=1S/C18H13F3N2/c1-12-8-17(13-4-2-6-15(9-13)18(19,20)21)23-11-16(12)14-5-3-7-22-10-14/h2-11H,1H3. The van der Waals surface area contributed by atoms with Gasteiger partial charge in [0.25, 0.3) is 0 Å². The predicted molar refractivity (Wildman–Crippen MR) is 82.6 cm³/mol. The van der Waals surface area contributed by atoms with Gasteiger partial charge in [0.05, 0.1) is 11.3 Å². The average Bonchev–Trinajstić information content (AvgIpc) is 2.55. The molecule has 0 radical (unpaired) electrons. The topological polar surface area (TPSA) is 25.8 Å². The van der Waals surface area contributed by atoms with E-state index in [1.54, 1.807) is 30.7 Å². The number of hydrogen-bond donors (Lipinski definition) is 0. The van der Waals surface area contributed by atoms with Crippen molar-refractivity contribution in [2.75, 3.05) is 0 Å². The van der Waals surface area contributed by atoms with E-state index >= 15 is 0 Å². The Morgan fingerprint density at radius 2 is 1.70 bits per heavy atom. The fourth-order valence-electron chi connectivity index (χ4n) is 2.39. The average molecular weight is 314 g/mol. The first-order valence-electron chi connectivity index (χ1n) is 7.00. The van der Waals surface area contributed by atoms with E-state index < -0.39 is 11.7 Å². The number of aryl methyl sites for hydroxylation is 1. The quantitative estimate of drug-likeness (QED) is 0.654. The Balaban J connectivity index is 2.01. The SMILES string of the molecule is Cc1cc(-c2cccc(C(F)(F)F)c2)ncc1-c1cccnc1. The molecule has 0 saturated heterocycles. The molecule has 0 bridgehead atoms. The number of halogens is 3. The van der Waals surface area contributed by atoms with Crippen molar-refractivity contribution < 1.29 is 13.2 Å². The summed E-state index contributed by atoms with van der Waals surface area (Å²) in [4.78, 5) is 8.38. The number of aromatic nitrogens is 2. The third-order valence-corrected chi connectivity index (χ3v) is 3.57. The molecule has 0 fully saturated rings. The Morgan fingerprint density at radius 3 is 2.35 bits per heavy atom. The highest BCUT2D eigenvalue weighted by Gasteiger charge is 2.30. The first kappa shape index (κ1) is 15.2. The molecule has 2 heterocycles. The van der Waals surface area contributed by atoms with Crippen molar-refractivity contribution in [1.82, 2.24) is 9.97 Å². The minimum Gasteiger partial charge on any atom is -0.264 e. The van der Waals surface area contributed by atoms with Crippen LogP contribution in [0.3, 0.4) is 0 Å².